The van der Waals surface area contributed by atoms with Gasteiger partial charge in [0, 0.05) is 13.2 Å². The number of benzene rings is 1. The zero-order valence-electron chi connectivity index (χ0n) is 11.7. The molecule has 2 aromatic rings. The minimum absolute atomic E-state index is 0.230. The van der Waals surface area contributed by atoms with Gasteiger partial charge in [-0.25, -0.2) is 9.67 Å². The molecule has 0 bridgehead atoms. The van der Waals surface area contributed by atoms with E-state index in [-0.39, 0.29) is 6.04 Å². The molecule has 0 fully saturated rings. The van der Waals surface area contributed by atoms with Crippen molar-refractivity contribution in [3.63, 3.8) is 0 Å². The van der Waals surface area contributed by atoms with Crippen molar-refractivity contribution in [2.24, 2.45) is 5.73 Å². The first-order valence-corrected chi connectivity index (χ1v) is 6.74. The van der Waals surface area contributed by atoms with Crippen molar-refractivity contribution in [1.29, 1.82) is 0 Å². The van der Waals surface area contributed by atoms with Gasteiger partial charge >= 0.3 is 0 Å². The number of hydrogen-bond donors (Lipinski definition) is 2. The van der Waals surface area contributed by atoms with Crippen molar-refractivity contribution in [2.45, 2.75) is 18.9 Å². The van der Waals surface area contributed by atoms with Gasteiger partial charge < -0.3 is 15.8 Å². The van der Waals surface area contributed by atoms with Crippen LogP contribution in [0.25, 0.3) is 5.69 Å². The Kier molecular flexibility index (Phi) is 5.52. The van der Waals surface area contributed by atoms with Crippen molar-refractivity contribution in [2.75, 3.05) is 25.6 Å². The van der Waals surface area contributed by atoms with Gasteiger partial charge in [-0.2, -0.15) is 5.10 Å². The summed E-state index contributed by atoms with van der Waals surface area (Å²) in [5.41, 5.74) is 7.56. The number of methoxy groups -OCH3 is 1. The topological polar surface area (TPSA) is 78.0 Å². The molecule has 1 atom stereocenters. The molecular formula is C14H21N5O. The molecule has 20 heavy (non-hydrogen) atoms. The van der Waals surface area contributed by atoms with E-state index in [0.29, 0.717) is 13.2 Å². The molecule has 1 aromatic carbocycles. The van der Waals surface area contributed by atoms with Gasteiger partial charge in [0.05, 0.1) is 18.0 Å². The largest absolute Gasteiger partial charge is 0.383 e. The van der Waals surface area contributed by atoms with E-state index in [1.807, 2.05) is 24.3 Å². The van der Waals surface area contributed by atoms with E-state index in [9.17, 15) is 0 Å². The Hall–Kier alpha value is -1.92. The molecule has 0 aliphatic carbocycles. The van der Waals surface area contributed by atoms with Crippen LogP contribution in [0.15, 0.2) is 36.9 Å². The van der Waals surface area contributed by atoms with Crippen LogP contribution in [0.4, 0.5) is 5.69 Å². The van der Waals surface area contributed by atoms with E-state index >= 15 is 0 Å². The van der Waals surface area contributed by atoms with E-state index in [4.69, 9.17) is 10.5 Å². The molecule has 1 unspecified atom stereocenters. The average molecular weight is 275 g/mol. The average Bonchev–Trinajstić information content (AvgIpc) is 2.99. The smallest absolute Gasteiger partial charge is 0.138 e. The molecule has 6 nitrogen and oxygen atoms in total. The third kappa shape index (κ3) is 3.79. The first-order chi connectivity index (χ1) is 9.85. The number of hydrogen-bond acceptors (Lipinski definition) is 5. The normalized spacial score (nSPS) is 12.3. The van der Waals surface area contributed by atoms with Crippen molar-refractivity contribution in [3.8, 4) is 5.69 Å². The SMILES string of the molecule is COCC(CCCN)Nc1ccccc1-n1cncn1. The second-order valence-electron chi connectivity index (χ2n) is 4.58. The minimum atomic E-state index is 0.230. The highest BCUT2D eigenvalue weighted by Gasteiger charge is 2.11. The minimum Gasteiger partial charge on any atom is -0.383 e. The predicted octanol–water partition coefficient (Wildman–Crippen LogP) is 1.43. The zero-order chi connectivity index (χ0) is 14.2. The quantitative estimate of drug-likeness (QED) is 0.762. The van der Waals surface area contributed by atoms with Crippen molar-refractivity contribution >= 4 is 5.69 Å². The number of rotatable bonds is 8. The standard InChI is InChI=1S/C14H21N5O/c1-20-9-12(5-4-8-15)18-13-6-2-3-7-14(13)19-11-16-10-17-19/h2-3,6-7,10-12,18H,4-5,8-9,15H2,1H3. The summed E-state index contributed by atoms with van der Waals surface area (Å²) >= 11 is 0. The Morgan fingerprint density at radius 3 is 2.95 bits per heavy atom. The molecule has 0 amide bonds. The van der Waals surface area contributed by atoms with Gasteiger partial charge in [-0.05, 0) is 31.5 Å². The maximum Gasteiger partial charge on any atom is 0.138 e. The van der Waals surface area contributed by atoms with Crippen LogP contribution in [-0.4, -0.2) is 41.1 Å². The first kappa shape index (κ1) is 14.5. The van der Waals surface area contributed by atoms with Crippen LogP contribution in [0.3, 0.4) is 0 Å². The maximum atomic E-state index is 5.58. The van der Waals surface area contributed by atoms with Crippen LogP contribution in [-0.2, 0) is 4.74 Å². The van der Waals surface area contributed by atoms with Crippen molar-refractivity contribution < 1.29 is 4.74 Å². The lowest BCUT2D eigenvalue weighted by Crippen LogP contribution is -2.26. The second kappa shape index (κ2) is 7.62. The van der Waals surface area contributed by atoms with Gasteiger partial charge in [0.15, 0.2) is 0 Å². The van der Waals surface area contributed by atoms with Gasteiger partial charge in [-0.3, -0.25) is 0 Å². The van der Waals surface area contributed by atoms with E-state index < -0.39 is 0 Å². The predicted molar refractivity (Wildman–Crippen MR) is 78.9 cm³/mol. The molecule has 0 saturated carbocycles. The van der Waals surface area contributed by atoms with E-state index in [1.54, 1.807) is 18.1 Å². The number of anilines is 1. The van der Waals surface area contributed by atoms with Crippen LogP contribution in [0.5, 0.6) is 0 Å². The Labute approximate surface area is 119 Å². The molecule has 6 heteroatoms. The summed E-state index contributed by atoms with van der Waals surface area (Å²) in [5.74, 6) is 0. The molecule has 1 heterocycles. The highest BCUT2D eigenvalue weighted by Crippen LogP contribution is 2.20. The molecule has 0 spiro atoms. The summed E-state index contributed by atoms with van der Waals surface area (Å²) < 4.78 is 7.01. The zero-order valence-corrected chi connectivity index (χ0v) is 11.7. The van der Waals surface area contributed by atoms with E-state index in [1.165, 1.54) is 6.33 Å². The van der Waals surface area contributed by atoms with Crippen LogP contribution in [0.2, 0.25) is 0 Å². The van der Waals surface area contributed by atoms with E-state index in [0.717, 1.165) is 24.2 Å². The Bertz CT molecular complexity index is 500. The highest BCUT2D eigenvalue weighted by atomic mass is 16.5. The molecular weight excluding hydrogens is 254 g/mol. The summed E-state index contributed by atoms with van der Waals surface area (Å²) in [6, 6.07) is 8.24. The summed E-state index contributed by atoms with van der Waals surface area (Å²) in [6.45, 7) is 1.33. The fourth-order valence-electron chi connectivity index (χ4n) is 2.11. The second-order valence-corrected chi connectivity index (χ2v) is 4.58. The fraction of sp³-hybridized carbons (Fsp3) is 0.429. The van der Waals surface area contributed by atoms with Crippen molar-refractivity contribution in [1.82, 2.24) is 14.8 Å². The molecule has 0 aliphatic heterocycles. The van der Waals surface area contributed by atoms with Gasteiger partial charge in [0.25, 0.3) is 0 Å². The summed E-state index contributed by atoms with van der Waals surface area (Å²) in [6.07, 6.45) is 5.14. The number of ether oxygens (including phenoxy) is 1. The Morgan fingerprint density at radius 1 is 1.40 bits per heavy atom. The number of aromatic nitrogens is 3. The molecule has 108 valence electrons. The lowest BCUT2D eigenvalue weighted by Gasteiger charge is -2.20. The number of nitrogens with two attached hydrogens (primary N) is 1. The van der Waals surface area contributed by atoms with Crippen LogP contribution in [0, 0.1) is 0 Å². The maximum absolute atomic E-state index is 5.58. The fourth-order valence-corrected chi connectivity index (χ4v) is 2.11. The number of nitrogens with zero attached hydrogens (tertiary/aromatic N) is 3. The Balaban J connectivity index is 2.15. The van der Waals surface area contributed by atoms with Gasteiger partial charge in [0.2, 0.25) is 0 Å². The lowest BCUT2D eigenvalue weighted by atomic mass is 10.1. The first-order valence-electron chi connectivity index (χ1n) is 6.74. The third-order valence-electron chi connectivity index (χ3n) is 3.05. The molecule has 0 radical (unpaired) electrons. The third-order valence-corrected chi connectivity index (χ3v) is 3.05. The van der Waals surface area contributed by atoms with E-state index in [2.05, 4.69) is 15.4 Å². The highest BCUT2D eigenvalue weighted by molar-refractivity contribution is 5.60. The molecule has 0 aliphatic rings. The summed E-state index contributed by atoms with van der Waals surface area (Å²) in [7, 11) is 1.71. The molecule has 3 N–H and O–H groups in total. The number of nitrogens with one attached hydrogen (secondary N) is 1. The van der Waals surface area contributed by atoms with Crippen LogP contribution < -0.4 is 11.1 Å². The van der Waals surface area contributed by atoms with Crippen LogP contribution >= 0.6 is 0 Å². The molecule has 1 aromatic heterocycles. The lowest BCUT2D eigenvalue weighted by molar-refractivity contribution is 0.182. The van der Waals surface area contributed by atoms with Crippen LogP contribution in [0.1, 0.15) is 12.8 Å². The monoisotopic (exact) mass is 275 g/mol. The molecule has 0 saturated heterocycles. The summed E-state index contributed by atoms with van der Waals surface area (Å²) in [4.78, 5) is 3.99. The van der Waals surface area contributed by atoms with Gasteiger partial charge in [-0.1, -0.05) is 12.1 Å². The van der Waals surface area contributed by atoms with Gasteiger partial charge in [-0.15, -0.1) is 0 Å². The summed E-state index contributed by atoms with van der Waals surface area (Å²) in [5, 5.41) is 7.68. The van der Waals surface area contributed by atoms with Gasteiger partial charge in [0.1, 0.15) is 12.7 Å². The molecule has 2 rings (SSSR count). The Morgan fingerprint density at radius 2 is 2.25 bits per heavy atom. The number of para-hydroxylation sites is 2. The van der Waals surface area contributed by atoms with Crippen molar-refractivity contribution in [3.05, 3.63) is 36.9 Å².